The standard InChI is InChI=1S/C40H57N7O4/c1-5-6-28(2)47-37(49)32-8-7-31(24-33(32)38(47)50)46-19-13-40(14-20-46)11-17-45(18-12-40)22-21-44-15-9-30(10-16-44)42-26-29-23-36(43-27-48)34(25-35(29)41)39(3,4)51/h7-8,23-28,30,41-42,51H,5-6,9-22H2,1-4H3,(H,43,48)/b29-26-,41-35?. The fourth-order valence-electron chi connectivity index (χ4n) is 8.62. The first-order valence-corrected chi connectivity index (χ1v) is 19.0. The number of anilines is 1. The van der Waals surface area contributed by atoms with Crippen LogP contribution in [0.2, 0.25) is 0 Å². The van der Waals surface area contributed by atoms with Crippen LogP contribution in [-0.4, -0.2) is 114 Å². The Morgan fingerprint density at radius 1 is 0.961 bits per heavy atom. The van der Waals surface area contributed by atoms with Crippen molar-refractivity contribution in [3.63, 3.8) is 0 Å². The molecule has 0 bridgehead atoms. The molecule has 1 spiro atoms. The van der Waals surface area contributed by atoms with Crippen LogP contribution in [0.4, 0.5) is 5.69 Å². The van der Waals surface area contributed by atoms with Gasteiger partial charge in [-0.15, -0.1) is 0 Å². The molecule has 51 heavy (non-hydrogen) atoms. The monoisotopic (exact) mass is 699 g/mol. The number of benzene rings is 1. The Labute approximate surface area is 303 Å². The van der Waals surface area contributed by atoms with Crippen molar-refractivity contribution in [2.24, 2.45) is 5.41 Å². The summed E-state index contributed by atoms with van der Waals surface area (Å²) in [6.07, 6.45) is 14.5. The number of imide groups is 1. The Bertz CT molecular complexity index is 1580. The smallest absolute Gasteiger partial charge is 0.261 e. The molecule has 1 aromatic rings. The van der Waals surface area contributed by atoms with Crippen LogP contribution in [0, 0.1) is 10.8 Å². The van der Waals surface area contributed by atoms with E-state index in [1.54, 1.807) is 26.0 Å². The highest BCUT2D eigenvalue weighted by Gasteiger charge is 2.40. The maximum absolute atomic E-state index is 13.2. The summed E-state index contributed by atoms with van der Waals surface area (Å²) >= 11 is 0. The van der Waals surface area contributed by atoms with Gasteiger partial charge in [-0.25, -0.2) is 0 Å². The SMILES string of the molecule is CCCC(C)N1C(=O)c2ccc(N3CCC4(CCN(CCN5CCC(N/C=C6/C=C(NC=O)C(C(C)(C)O)=CC6=N)CC5)CC4)CC3)cc2C1=O. The second-order valence-corrected chi connectivity index (χ2v) is 15.9. The number of carbonyl (C=O) groups is 3. The van der Waals surface area contributed by atoms with Crippen LogP contribution >= 0.6 is 0 Å². The van der Waals surface area contributed by atoms with Crippen molar-refractivity contribution in [3.8, 4) is 0 Å². The maximum atomic E-state index is 13.2. The third kappa shape index (κ3) is 8.16. The van der Waals surface area contributed by atoms with E-state index in [0.29, 0.717) is 51.5 Å². The third-order valence-electron chi connectivity index (χ3n) is 12.0. The number of aliphatic hydroxyl groups is 1. The molecule has 3 saturated heterocycles. The predicted octanol–water partition coefficient (Wildman–Crippen LogP) is 4.45. The number of piperidine rings is 3. The van der Waals surface area contributed by atoms with Gasteiger partial charge >= 0.3 is 0 Å². The Kier molecular flexibility index (Phi) is 11.2. The lowest BCUT2D eigenvalue weighted by Crippen LogP contribution is -2.49. The number of nitrogens with one attached hydrogen (secondary N) is 3. The second-order valence-electron chi connectivity index (χ2n) is 15.9. The molecule has 0 aromatic heterocycles. The number of nitrogens with zero attached hydrogens (tertiary/aromatic N) is 4. The molecule has 1 aliphatic carbocycles. The van der Waals surface area contributed by atoms with Crippen LogP contribution in [-0.2, 0) is 4.79 Å². The van der Waals surface area contributed by atoms with Crippen LogP contribution in [0.25, 0.3) is 0 Å². The first kappa shape index (κ1) is 37.0. The number of carbonyl (C=O) groups excluding carboxylic acids is 3. The molecule has 3 fully saturated rings. The van der Waals surface area contributed by atoms with Gasteiger partial charge < -0.3 is 35.8 Å². The number of likely N-dealkylation sites (tertiary alicyclic amines) is 2. The summed E-state index contributed by atoms with van der Waals surface area (Å²) in [5.41, 5.74) is 3.44. The van der Waals surface area contributed by atoms with E-state index in [1.807, 2.05) is 31.3 Å². The zero-order chi connectivity index (χ0) is 36.3. The van der Waals surface area contributed by atoms with Crippen molar-refractivity contribution >= 4 is 29.6 Å². The van der Waals surface area contributed by atoms with Crippen LogP contribution in [0.5, 0.6) is 0 Å². The summed E-state index contributed by atoms with van der Waals surface area (Å²) < 4.78 is 0. The number of rotatable bonds is 12. The van der Waals surface area contributed by atoms with Gasteiger partial charge in [-0.3, -0.25) is 19.3 Å². The minimum atomic E-state index is -1.16. The summed E-state index contributed by atoms with van der Waals surface area (Å²) in [4.78, 5) is 46.4. The van der Waals surface area contributed by atoms with Gasteiger partial charge in [-0.1, -0.05) is 13.3 Å². The number of amides is 3. The number of hydrogen-bond acceptors (Lipinski definition) is 9. The van der Waals surface area contributed by atoms with Crippen molar-refractivity contribution in [2.45, 2.75) is 96.7 Å². The van der Waals surface area contributed by atoms with Gasteiger partial charge in [0.1, 0.15) is 0 Å². The molecule has 6 rings (SSSR count). The largest absolute Gasteiger partial charge is 0.388 e. The lowest BCUT2D eigenvalue weighted by Gasteiger charge is -2.47. The van der Waals surface area contributed by atoms with Crippen molar-refractivity contribution < 1.29 is 19.5 Å². The lowest BCUT2D eigenvalue weighted by molar-refractivity contribution is -0.108. The van der Waals surface area contributed by atoms with Crippen molar-refractivity contribution in [1.82, 2.24) is 25.3 Å². The van der Waals surface area contributed by atoms with Gasteiger partial charge in [-0.05, 0) is 115 Å². The zero-order valence-electron chi connectivity index (χ0n) is 31.0. The quantitative estimate of drug-likeness (QED) is 0.186. The van der Waals surface area contributed by atoms with E-state index in [2.05, 4.69) is 32.3 Å². The molecule has 3 amide bonds. The molecule has 1 atom stereocenters. The maximum Gasteiger partial charge on any atom is 0.261 e. The molecule has 11 heteroatoms. The highest BCUT2D eigenvalue weighted by atomic mass is 16.3. The van der Waals surface area contributed by atoms with Crippen molar-refractivity contribution in [3.05, 3.63) is 64.5 Å². The van der Waals surface area contributed by atoms with E-state index in [4.69, 9.17) is 5.41 Å². The van der Waals surface area contributed by atoms with E-state index in [1.165, 1.54) is 30.6 Å². The molecule has 1 unspecified atom stereocenters. The minimum absolute atomic E-state index is 0.0789. The van der Waals surface area contributed by atoms with E-state index in [0.717, 1.165) is 83.7 Å². The Hall–Kier alpha value is -3.80. The second kappa shape index (κ2) is 15.4. The first-order chi connectivity index (χ1) is 24.4. The number of allylic oxidation sites excluding steroid dienone is 3. The molecule has 1 aromatic carbocycles. The normalized spacial score (nSPS) is 23.4. The van der Waals surface area contributed by atoms with E-state index in [-0.39, 0.29) is 17.9 Å². The fraction of sp³-hybridized carbons (Fsp3) is 0.600. The van der Waals surface area contributed by atoms with Crippen LogP contribution < -0.4 is 15.5 Å². The van der Waals surface area contributed by atoms with Gasteiger partial charge in [0, 0.05) is 80.1 Å². The summed E-state index contributed by atoms with van der Waals surface area (Å²) in [5, 5.41) is 25.1. The molecule has 11 nitrogen and oxygen atoms in total. The highest BCUT2D eigenvalue weighted by molar-refractivity contribution is 6.22. The van der Waals surface area contributed by atoms with E-state index in [9.17, 15) is 19.5 Å². The van der Waals surface area contributed by atoms with Crippen LogP contribution in [0.3, 0.4) is 0 Å². The number of fused-ring (bicyclic) bond motifs is 1. The van der Waals surface area contributed by atoms with E-state index >= 15 is 0 Å². The minimum Gasteiger partial charge on any atom is -0.388 e. The van der Waals surface area contributed by atoms with Gasteiger partial charge in [-0.2, -0.15) is 0 Å². The van der Waals surface area contributed by atoms with Crippen molar-refractivity contribution in [2.75, 3.05) is 57.3 Å². The molecule has 276 valence electrons. The van der Waals surface area contributed by atoms with Crippen LogP contribution in [0.1, 0.15) is 99.8 Å². The summed E-state index contributed by atoms with van der Waals surface area (Å²) in [6.45, 7) is 15.9. The van der Waals surface area contributed by atoms with Crippen LogP contribution in [0.15, 0.2) is 53.4 Å². The summed E-state index contributed by atoms with van der Waals surface area (Å²) in [6, 6.07) is 6.11. The topological polar surface area (TPSA) is 132 Å². The Morgan fingerprint density at radius 3 is 2.22 bits per heavy atom. The average Bonchev–Trinajstić information content (AvgIpc) is 3.37. The predicted molar refractivity (Wildman–Crippen MR) is 201 cm³/mol. The third-order valence-corrected chi connectivity index (χ3v) is 12.0. The highest BCUT2D eigenvalue weighted by Crippen LogP contribution is 2.42. The first-order valence-electron chi connectivity index (χ1n) is 19.0. The molecule has 0 radical (unpaired) electrons. The Morgan fingerprint density at radius 2 is 1.59 bits per heavy atom. The molecule has 4 heterocycles. The molecule has 4 aliphatic heterocycles. The Balaban J connectivity index is 0.915. The lowest BCUT2D eigenvalue weighted by atomic mass is 9.71. The summed E-state index contributed by atoms with van der Waals surface area (Å²) in [7, 11) is 0. The average molecular weight is 700 g/mol. The van der Waals surface area contributed by atoms with Gasteiger partial charge in [0.05, 0.1) is 22.4 Å². The van der Waals surface area contributed by atoms with Crippen molar-refractivity contribution in [1.29, 1.82) is 5.41 Å². The molecular formula is C40H57N7O4. The molecular weight excluding hydrogens is 642 g/mol. The molecule has 4 N–H and O–H groups in total. The van der Waals surface area contributed by atoms with Gasteiger partial charge in [0.2, 0.25) is 6.41 Å². The molecule has 5 aliphatic rings. The van der Waals surface area contributed by atoms with E-state index < -0.39 is 5.60 Å². The zero-order valence-corrected chi connectivity index (χ0v) is 31.0. The number of hydrogen-bond donors (Lipinski definition) is 4. The fourth-order valence-corrected chi connectivity index (χ4v) is 8.62. The summed E-state index contributed by atoms with van der Waals surface area (Å²) in [5.74, 6) is -0.292. The van der Waals surface area contributed by atoms with Gasteiger partial charge in [0.25, 0.3) is 11.8 Å². The van der Waals surface area contributed by atoms with Gasteiger partial charge in [0.15, 0.2) is 0 Å². The molecule has 0 saturated carbocycles.